The summed E-state index contributed by atoms with van der Waals surface area (Å²) in [6, 6.07) is 3.84. The van der Waals surface area contributed by atoms with Gasteiger partial charge in [-0.1, -0.05) is 0 Å². The Morgan fingerprint density at radius 3 is 3.20 bits per heavy atom. The van der Waals surface area contributed by atoms with Crippen LogP contribution in [-0.4, -0.2) is 29.1 Å². The van der Waals surface area contributed by atoms with E-state index in [1.165, 1.54) is 11.3 Å². The van der Waals surface area contributed by atoms with Crippen molar-refractivity contribution in [3.8, 4) is 6.07 Å². The number of hydrogen-bond acceptors (Lipinski definition) is 4. The third-order valence-corrected chi connectivity index (χ3v) is 3.68. The van der Waals surface area contributed by atoms with Crippen LogP contribution in [0.5, 0.6) is 0 Å². The summed E-state index contributed by atoms with van der Waals surface area (Å²) in [7, 11) is 0. The van der Waals surface area contributed by atoms with Crippen LogP contribution < -0.4 is 0 Å². The van der Waals surface area contributed by atoms with Crippen LogP contribution in [0.2, 0.25) is 0 Å². The molecule has 1 aliphatic rings. The number of aromatic carboxylic acids is 1. The Labute approximate surface area is 91.4 Å². The van der Waals surface area contributed by atoms with Crippen molar-refractivity contribution in [3.63, 3.8) is 0 Å². The molecule has 1 aromatic heterocycles. The van der Waals surface area contributed by atoms with Crippen LogP contribution in [0.15, 0.2) is 6.07 Å². The lowest BCUT2D eigenvalue weighted by Gasteiger charge is -2.23. The zero-order valence-electron chi connectivity index (χ0n) is 8.06. The van der Waals surface area contributed by atoms with Crippen molar-refractivity contribution in [1.29, 1.82) is 5.26 Å². The Kier molecular flexibility index (Phi) is 2.71. The van der Waals surface area contributed by atoms with E-state index in [9.17, 15) is 4.79 Å². The van der Waals surface area contributed by atoms with E-state index in [2.05, 4.69) is 6.07 Å². The van der Waals surface area contributed by atoms with Gasteiger partial charge in [-0.2, -0.15) is 5.26 Å². The van der Waals surface area contributed by atoms with E-state index < -0.39 is 5.97 Å². The van der Waals surface area contributed by atoms with Gasteiger partial charge >= 0.3 is 5.97 Å². The molecule has 15 heavy (non-hydrogen) atoms. The first-order valence-electron chi connectivity index (χ1n) is 4.65. The Morgan fingerprint density at radius 2 is 2.53 bits per heavy atom. The van der Waals surface area contributed by atoms with E-state index in [4.69, 9.17) is 10.4 Å². The van der Waals surface area contributed by atoms with Crippen LogP contribution in [0.3, 0.4) is 0 Å². The van der Waals surface area contributed by atoms with Gasteiger partial charge in [0.25, 0.3) is 0 Å². The summed E-state index contributed by atoms with van der Waals surface area (Å²) in [5.74, 6) is -0.860. The number of hydrogen-bond donors (Lipinski definition) is 1. The van der Waals surface area contributed by atoms with Gasteiger partial charge in [0.1, 0.15) is 4.88 Å². The third-order valence-electron chi connectivity index (χ3n) is 2.45. The number of fused-ring (bicyclic) bond motifs is 1. The summed E-state index contributed by atoms with van der Waals surface area (Å²) in [6.07, 6.45) is 0.856. The lowest BCUT2D eigenvalue weighted by Crippen LogP contribution is -2.29. The van der Waals surface area contributed by atoms with Crippen LogP contribution in [0, 0.1) is 11.3 Å². The minimum absolute atomic E-state index is 0.402. The number of carbonyl (C=O) groups is 1. The summed E-state index contributed by atoms with van der Waals surface area (Å²) >= 11 is 1.35. The lowest BCUT2D eigenvalue weighted by atomic mass is 10.1. The highest BCUT2D eigenvalue weighted by atomic mass is 32.1. The van der Waals surface area contributed by atoms with E-state index in [1.807, 2.05) is 4.90 Å². The first-order valence-corrected chi connectivity index (χ1v) is 5.46. The molecular weight excluding hydrogens is 212 g/mol. The second-order valence-electron chi connectivity index (χ2n) is 3.48. The summed E-state index contributed by atoms with van der Waals surface area (Å²) < 4.78 is 0. The van der Waals surface area contributed by atoms with Gasteiger partial charge in [0.2, 0.25) is 0 Å². The Bertz CT molecular complexity index is 433. The van der Waals surface area contributed by atoms with Crippen molar-refractivity contribution in [2.45, 2.75) is 13.0 Å². The first kappa shape index (κ1) is 10.1. The zero-order valence-corrected chi connectivity index (χ0v) is 8.88. The molecule has 0 unspecified atom stereocenters. The summed E-state index contributed by atoms with van der Waals surface area (Å²) in [4.78, 5) is 14.4. The molecule has 0 aliphatic carbocycles. The highest BCUT2D eigenvalue weighted by Crippen LogP contribution is 2.27. The fourth-order valence-electron chi connectivity index (χ4n) is 1.73. The summed E-state index contributed by atoms with van der Waals surface area (Å²) in [6.45, 7) is 1.96. The molecule has 2 heterocycles. The molecule has 0 radical (unpaired) electrons. The van der Waals surface area contributed by atoms with Crippen LogP contribution in [0.4, 0.5) is 0 Å². The smallest absolute Gasteiger partial charge is 0.345 e. The van der Waals surface area contributed by atoms with Crippen molar-refractivity contribution >= 4 is 17.3 Å². The fraction of sp³-hybridized carbons (Fsp3) is 0.400. The number of carboxylic acids is 1. The van der Waals surface area contributed by atoms with Crippen molar-refractivity contribution in [1.82, 2.24) is 4.90 Å². The molecule has 4 nitrogen and oxygen atoms in total. The van der Waals surface area contributed by atoms with Crippen LogP contribution in [0.1, 0.15) is 20.1 Å². The lowest BCUT2D eigenvalue weighted by molar-refractivity contribution is 0.0702. The largest absolute Gasteiger partial charge is 0.477 e. The van der Waals surface area contributed by atoms with Crippen molar-refractivity contribution in [2.75, 3.05) is 13.1 Å². The topological polar surface area (TPSA) is 64.3 Å². The van der Waals surface area contributed by atoms with Crippen LogP contribution in [0.25, 0.3) is 0 Å². The Morgan fingerprint density at radius 1 is 1.73 bits per heavy atom. The van der Waals surface area contributed by atoms with Crippen LogP contribution >= 0.6 is 11.3 Å². The Hall–Kier alpha value is -1.38. The molecule has 0 amide bonds. The first-order chi connectivity index (χ1) is 7.20. The maximum absolute atomic E-state index is 10.8. The van der Waals surface area contributed by atoms with Crippen LogP contribution in [-0.2, 0) is 13.0 Å². The maximum Gasteiger partial charge on any atom is 0.345 e. The zero-order chi connectivity index (χ0) is 10.8. The minimum atomic E-state index is -0.860. The molecule has 0 saturated carbocycles. The fourth-order valence-corrected chi connectivity index (χ4v) is 2.73. The molecule has 1 aromatic rings. The average Bonchev–Trinajstić information content (AvgIpc) is 2.61. The highest BCUT2D eigenvalue weighted by molar-refractivity contribution is 7.14. The van der Waals surface area contributed by atoms with E-state index in [0.29, 0.717) is 18.0 Å². The maximum atomic E-state index is 10.8. The van der Waals surface area contributed by atoms with Gasteiger partial charge < -0.3 is 5.11 Å². The molecule has 0 aromatic carbocycles. The second-order valence-corrected chi connectivity index (χ2v) is 4.62. The highest BCUT2D eigenvalue weighted by Gasteiger charge is 2.20. The molecule has 1 aliphatic heterocycles. The van der Waals surface area contributed by atoms with Gasteiger partial charge in [0, 0.05) is 18.0 Å². The molecule has 0 fully saturated rings. The van der Waals surface area contributed by atoms with E-state index in [1.54, 1.807) is 6.07 Å². The van der Waals surface area contributed by atoms with E-state index >= 15 is 0 Å². The molecular formula is C10H10N2O2S. The molecule has 2 rings (SSSR count). The van der Waals surface area contributed by atoms with E-state index in [-0.39, 0.29) is 0 Å². The predicted octanol–water partition coefficient (Wildman–Crippen LogP) is 1.33. The normalized spacial score (nSPS) is 15.7. The predicted molar refractivity (Wildman–Crippen MR) is 55.9 cm³/mol. The molecule has 1 N–H and O–H groups in total. The minimum Gasteiger partial charge on any atom is -0.477 e. The quantitative estimate of drug-likeness (QED) is 0.767. The molecule has 78 valence electrons. The van der Waals surface area contributed by atoms with E-state index in [0.717, 1.165) is 23.4 Å². The monoisotopic (exact) mass is 222 g/mol. The van der Waals surface area contributed by atoms with Crippen molar-refractivity contribution in [3.05, 3.63) is 21.4 Å². The van der Waals surface area contributed by atoms with Gasteiger partial charge in [0.15, 0.2) is 0 Å². The molecule has 0 bridgehead atoms. The van der Waals surface area contributed by atoms with Gasteiger partial charge in [-0.25, -0.2) is 4.79 Å². The molecule has 0 atom stereocenters. The van der Waals surface area contributed by atoms with Gasteiger partial charge in [0.05, 0.1) is 12.6 Å². The Balaban J connectivity index is 2.20. The van der Waals surface area contributed by atoms with Crippen molar-refractivity contribution in [2.24, 2.45) is 0 Å². The molecule has 0 spiro atoms. The number of carboxylic acid groups (broad SMARTS) is 1. The second kappa shape index (κ2) is 4.01. The summed E-state index contributed by atoms with van der Waals surface area (Å²) in [5.41, 5.74) is 1.07. The number of nitriles is 1. The summed E-state index contributed by atoms with van der Waals surface area (Å²) in [5, 5.41) is 17.4. The molecule has 0 saturated heterocycles. The van der Waals surface area contributed by atoms with Crippen molar-refractivity contribution < 1.29 is 9.90 Å². The SMILES string of the molecule is N#CCN1CCc2sc(C(=O)O)cc2C1. The van der Waals surface area contributed by atoms with Gasteiger partial charge in [-0.05, 0) is 18.1 Å². The van der Waals surface area contributed by atoms with Gasteiger partial charge in [-0.3, -0.25) is 4.90 Å². The standard InChI is InChI=1S/C10H10N2O2S/c11-2-4-12-3-1-8-7(6-12)5-9(15-8)10(13)14/h5H,1,3-4,6H2,(H,13,14). The average molecular weight is 222 g/mol. The number of thiophene rings is 1. The van der Waals surface area contributed by atoms with Gasteiger partial charge in [-0.15, -0.1) is 11.3 Å². The number of nitrogens with zero attached hydrogens (tertiary/aromatic N) is 2. The molecule has 5 heteroatoms. The number of rotatable bonds is 2. The third kappa shape index (κ3) is 2.01.